The average Bonchev–Trinajstić information content (AvgIpc) is 2.38. The summed E-state index contributed by atoms with van der Waals surface area (Å²) in [5.74, 6) is -0.806. The fourth-order valence-electron chi connectivity index (χ4n) is 1.87. The van der Waals surface area contributed by atoms with Crippen LogP contribution in [-0.4, -0.2) is 43.1 Å². The second-order valence-corrected chi connectivity index (χ2v) is 4.49. The van der Waals surface area contributed by atoms with Gasteiger partial charge in [-0.1, -0.05) is 12.1 Å². The predicted octanol–water partition coefficient (Wildman–Crippen LogP) is 1.73. The molecule has 0 spiro atoms. The highest BCUT2D eigenvalue weighted by atomic mass is 16.5. The van der Waals surface area contributed by atoms with Crippen LogP contribution in [0.4, 0.5) is 0 Å². The number of carbonyl (C=O) groups is 2. The number of rotatable bonds is 6. The molecule has 0 fully saturated rings. The zero-order valence-electron chi connectivity index (χ0n) is 11.4. The molecule has 0 heterocycles. The first-order chi connectivity index (χ1) is 8.95. The molecule has 5 nitrogen and oxygen atoms in total. The Kier molecular flexibility index (Phi) is 5.36. The van der Waals surface area contributed by atoms with Gasteiger partial charge in [-0.05, 0) is 24.1 Å². The number of carboxylic acids is 1. The second-order valence-electron chi connectivity index (χ2n) is 4.49. The van der Waals surface area contributed by atoms with Gasteiger partial charge in [-0.2, -0.15) is 0 Å². The number of likely N-dealkylation sites (N-methyl/N-ethyl adjacent to an activating group) is 1. The lowest BCUT2D eigenvalue weighted by atomic mass is 9.92. The molecule has 0 saturated heterocycles. The van der Waals surface area contributed by atoms with Crippen LogP contribution in [0.1, 0.15) is 24.3 Å². The first-order valence-electron chi connectivity index (χ1n) is 6.02. The number of aliphatic carboxylic acids is 1. The van der Waals surface area contributed by atoms with Gasteiger partial charge in [-0.3, -0.25) is 9.59 Å². The van der Waals surface area contributed by atoms with Crippen molar-refractivity contribution in [3.05, 3.63) is 29.8 Å². The summed E-state index contributed by atoms with van der Waals surface area (Å²) in [6.45, 7) is 0. The first kappa shape index (κ1) is 15.0. The van der Waals surface area contributed by atoms with Crippen LogP contribution in [-0.2, 0) is 9.59 Å². The van der Waals surface area contributed by atoms with Crippen LogP contribution in [0, 0.1) is 0 Å². The van der Waals surface area contributed by atoms with E-state index in [-0.39, 0.29) is 18.7 Å². The molecule has 1 amide bonds. The molecule has 0 aliphatic heterocycles. The zero-order valence-corrected chi connectivity index (χ0v) is 11.4. The van der Waals surface area contributed by atoms with Crippen molar-refractivity contribution in [2.24, 2.45) is 0 Å². The molecule has 1 aromatic carbocycles. The Labute approximate surface area is 112 Å². The van der Waals surface area contributed by atoms with Crippen LogP contribution in [0.25, 0.3) is 0 Å². The third-order valence-electron chi connectivity index (χ3n) is 2.88. The Balaban J connectivity index is 3.00. The molecule has 0 aromatic heterocycles. The highest BCUT2D eigenvalue weighted by Gasteiger charge is 2.23. The van der Waals surface area contributed by atoms with Gasteiger partial charge in [0.1, 0.15) is 5.75 Å². The number of hydrogen-bond acceptors (Lipinski definition) is 3. The first-order valence-corrected chi connectivity index (χ1v) is 6.02. The summed E-state index contributed by atoms with van der Waals surface area (Å²) in [6, 6.07) is 7.17. The van der Waals surface area contributed by atoms with Gasteiger partial charge in [-0.15, -0.1) is 0 Å². The minimum absolute atomic E-state index is 0.0402. The van der Waals surface area contributed by atoms with Crippen LogP contribution in [0.15, 0.2) is 24.3 Å². The van der Waals surface area contributed by atoms with Crippen molar-refractivity contribution < 1.29 is 19.4 Å². The zero-order chi connectivity index (χ0) is 14.4. The van der Waals surface area contributed by atoms with Gasteiger partial charge in [0.15, 0.2) is 0 Å². The van der Waals surface area contributed by atoms with Crippen molar-refractivity contribution in [1.82, 2.24) is 4.90 Å². The number of ether oxygens (including phenoxy) is 1. The molecular weight excluding hydrogens is 246 g/mol. The van der Waals surface area contributed by atoms with Crippen LogP contribution < -0.4 is 4.74 Å². The van der Waals surface area contributed by atoms with Crippen molar-refractivity contribution in [3.63, 3.8) is 0 Å². The third kappa shape index (κ3) is 4.28. The molecule has 1 rings (SSSR count). The minimum atomic E-state index is -0.903. The third-order valence-corrected chi connectivity index (χ3v) is 2.88. The van der Waals surface area contributed by atoms with Gasteiger partial charge >= 0.3 is 5.97 Å². The molecule has 1 unspecified atom stereocenters. The molecule has 1 N–H and O–H groups in total. The molecule has 0 aliphatic rings. The van der Waals surface area contributed by atoms with E-state index in [1.807, 2.05) is 6.07 Å². The smallest absolute Gasteiger partial charge is 0.303 e. The molecule has 1 aromatic rings. The maximum Gasteiger partial charge on any atom is 0.303 e. The Hall–Kier alpha value is -2.04. The monoisotopic (exact) mass is 265 g/mol. The molecule has 0 bridgehead atoms. The van der Waals surface area contributed by atoms with E-state index in [0.717, 1.165) is 5.56 Å². The second kappa shape index (κ2) is 6.78. The van der Waals surface area contributed by atoms with Gasteiger partial charge in [0.2, 0.25) is 5.91 Å². The fraction of sp³-hybridized carbons (Fsp3) is 0.429. The molecule has 104 valence electrons. The van der Waals surface area contributed by atoms with Crippen molar-refractivity contribution in [1.29, 1.82) is 0 Å². The summed E-state index contributed by atoms with van der Waals surface area (Å²) in [5, 5.41) is 8.78. The van der Waals surface area contributed by atoms with Crippen molar-refractivity contribution in [2.75, 3.05) is 21.2 Å². The van der Waals surface area contributed by atoms with Crippen LogP contribution in [0.2, 0.25) is 0 Å². The average molecular weight is 265 g/mol. The minimum Gasteiger partial charge on any atom is -0.497 e. The topological polar surface area (TPSA) is 66.8 Å². The fourth-order valence-corrected chi connectivity index (χ4v) is 1.87. The molecule has 0 aliphatic carbocycles. The lowest BCUT2D eigenvalue weighted by Crippen LogP contribution is -2.28. The summed E-state index contributed by atoms with van der Waals surface area (Å²) in [7, 11) is 4.88. The normalized spacial score (nSPS) is 11.7. The van der Waals surface area contributed by atoms with Gasteiger partial charge in [0.05, 0.1) is 13.0 Å². The molecule has 0 saturated carbocycles. The predicted molar refractivity (Wildman–Crippen MR) is 71.3 cm³/mol. The van der Waals surface area contributed by atoms with Gasteiger partial charge in [0.25, 0.3) is 0 Å². The summed E-state index contributed by atoms with van der Waals surface area (Å²) in [4.78, 5) is 24.3. The number of hydrogen-bond donors (Lipinski definition) is 1. The standard InChI is InChI=1S/C14H19NO4/c1-15(2)14(18)12(7-8-13(16)17)10-5-4-6-11(9-10)19-3/h4-6,9,12H,7-8H2,1-3H3,(H,16,17). The van der Waals surface area contributed by atoms with Gasteiger partial charge in [-0.25, -0.2) is 0 Å². The van der Waals surface area contributed by atoms with E-state index >= 15 is 0 Å². The lowest BCUT2D eigenvalue weighted by Gasteiger charge is -2.20. The van der Waals surface area contributed by atoms with E-state index in [2.05, 4.69) is 0 Å². The lowest BCUT2D eigenvalue weighted by molar-refractivity contribution is -0.137. The summed E-state index contributed by atoms with van der Waals surface area (Å²) >= 11 is 0. The SMILES string of the molecule is COc1cccc(C(CCC(=O)O)C(=O)N(C)C)c1. The van der Waals surface area contributed by atoms with Crippen molar-refractivity contribution in [3.8, 4) is 5.75 Å². The number of methoxy groups -OCH3 is 1. The van der Waals surface area contributed by atoms with Crippen LogP contribution in [0.3, 0.4) is 0 Å². The highest BCUT2D eigenvalue weighted by Crippen LogP contribution is 2.26. The van der Waals surface area contributed by atoms with E-state index in [9.17, 15) is 9.59 Å². The quantitative estimate of drug-likeness (QED) is 0.850. The summed E-state index contributed by atoms with van der Waals surface area (Å²) in [6.07, 6.45) is 0.237. The molecule has 1 atom stereocenters. The number of carbonyl (C=O) groups excluding carboxylic acids is 1. The maximum atomic E-state index is 12.1. The van der Waals surface area contributed by atoms with E-state index < -0.39 is 11.9 Å². The number of nitrogens with zero attached hydrogens (tertiary/aromatic N) is 1. The Morgan fingerprint density at radius 3 is 2.58 bits per heavy atom. The summed E-state index contributed by atoms with van der Waals surface area (Å²) < 4.78 is 5.13. The van der Waals surface area contributed by atoms with Crippen molar-refractivity contribution >= 4 is 11.9 Å². The van der Waals surface area contributed by atoms with E-state index in [1.165, 1.54) is 4.90 Å². The number of amides is 1. The summed E-state index contributed by atoms with van der Waals surface area (Å²) in [5.41, 5.74) is 0.777. The molecule has 5 heteroatoms. The van der Waals surface area contributed by atoms with Crippen LogP contribution in [0.5, 0.6) is 5.75 Å². The maximum absolute atomic E-state index is 12.1. The number of benzene rings is 1. The van der Waals surface area contributed by atoms with E-state index in [0.29, 0.717) is 5.75 Å². The highest BCUT2D eigenvalue weighted by molar-refractivity contribution is 5.84. The van der Waals surface area contributed by atoms with E-state index in [1.54, 1.807) is 39.4 Å². The van der Waals surface area contributed by atoms with Gasteiger partial charge in [0, 0.05) is 20.5 Å². The van der Waals surface area contributed by atoms with Gasteiger partial charge < -0.3 is 14.7 Å². The van der Waals surface area contributed by atoms with Crippen molar-refractivity contribution in [2.45, 2.75) is 18.8 Å². The van der Waals surface area contributed by atoms with E-state index in [4.69, 9.17) is 9.84 Å². The Morgan fingerprint density at radius 1 is 1.37 bits per heavy atom. The molecule has 0 radical (unpaired) electrons. The Bertz CT molecular complexity index is 457. The number of carboxylic acid groups (broad SMARTS) is 1. The molecule has 19 heavy (non-hydrogen) atoms. The largest absolute Gasteiger partial charge is 0.497 e. The molecular formula is C14H19NO4. The van der Waals surface area contributed by atoms with Crippen LogP contribution >= 0.6 is 0 Å². The Morgan fingerprint density at radius 2 is 2.05 bits per heavy atom.